The number of nitrogens with zero attached hydrogens (tertiary/aromatic N) is 1. The fourth-order valence-electron chi connectivity index (χ4n) is 6.30. The maximum Gasteiger partial charge on any atom is 0.302 e. The SMILES string of the molecule is CC(=O)OC1CCC2(C)C(=CCC3CCC=C(c4cccnc4)C(C)CCC32)C1. The number of aromatic nitrogens is 1. The van der Waals surface area contributed by atoms with Crippen molar-refractivity contribution in [2.75, 3.05) is 0 Å². The summed E-state index contributed by atoms with van der Waals surface area (Å²) in [6.45, 7) is 6.42. The van der Waals surface area contributed by atoms with Crippen LogP contribution < -0.4 is 0 Å². The van der Waals surface area contributed by atoms with Crippen molar-refractivity contribution in [2.24, 2.45) is 23.2 Å². The van der Waals surface area contributed by atoms with Crippen LogP contribution in [0.15, 0.2) is 42.3 Å². The molecule has 4 rings (SSSR count). The first-order chi connectivity index (χ1) is 14.0. The average molecular weight is 394 g/mol. The minimum Gasteiger partial charge on any atom is -0.462 e. The number of allylic oxidation sites excluding steroid dienone is 3. The van der Waals surface area contributed by atoms with Crippen LogP contribution in [-0.4, -0.2) is 17.1 Å². The van der Waals surface area contributed by atoms with Crippen LogP contribution in [0.3, 0.4) is 0 Å². The monoisotopic (exact) mass is 393 g/mol. The molecule has 0 aromatic carbocycles. The first-order valence-corrected chi connectivity index (χ1v) is 11.4. The Balaban J connectivity index is 1.53. The molecule has 1 aromatic heterocycles. The molecule has 0 saturated heterocycles. The van der Waals surface area contributed by atoms with Gasteiger partial charge < -0.3 is 4.74 Å². The van der Waals surface area contributed by atoms with E-state index in [0.29, 0.717) is 5.92 Å². The highest BCUT2D eigenvalue weighted by Gasteiger charge is 2.47. The summed E-state index contributed by atoms with van der Waals surface area (Å²) in [4.78, 5) is 15.8. The number of carbonyl (C=O) groups excluding carboxylic acids is 1. The lowest BCUT2D eigenvalue weighted by Gasteiger charge is -2.51. The molecule has 0 N–H and O–H groups in total. The van der Waals surface area contributed by atoms with Gasteiger partial charge in [0, 0.05) is 25.7 Å². The zero-order valence-electron chi connectivity index (χ0n) is 18.2. The molecule has 1 heterocycles. The molecule has 5 atom stereocenters. The van der Waals surface area contributed by atoms with Gasteiger partial charge in [0.25, 0.3) is 0 Å². The molecule has 3 nitrogen and oxygen atoms in total. The van der Waals surface area contributed by atoms with Crippen LogP contribution in [0, 0.1) is 23.2 Å². The second kappa shape index (κ2) is 8.45. The molecule has 3 heteroatoms. The van der Waals surface area contributed by atoms with Gasteiger partial charge in [0.05, 0.1) is 0 Å². The first kappa shape index (κ1) is 20.4. The number of carbonyl (C=O) groups is 1. The van der Waals surface area contributed by atoms with Crippen molar-refractivity contribution in [3.05, 3.63) is 47.8 Å². The Morgan fingerprint density at radius 3 is 2.83 bits per heavy atom. The van der Waals surface area contributed by atoms with Crippen molar-refractivity contribution in [3.8, 4) is 0 Å². The smallest absolute Gasteiger partial charge is 0.302 e. The fraction of sp³-hybridized carbons (Fsp3) is 0.615. The number of pyridine rings is 1. The molecule has 0 amide bonds. The van der Waals surface area contributed by atoms with E-state index in [0.717, 1.165) is 37.5 Å². The Labute approximate surface area is 175 Å². The molecular formula is C26H35NO2. The lowest BCUT2D eigenvalue weighted by Crippen LogP contribution is -2.43. The van der Waals surface area contributed by atoms with Gasteiger partial charge >= 0.3 is 5.97 Å². The standard InChI is InChI=1S/C26H35NO2/c1-18-9-12-25-20(6-4-8-24(18)21-7-5-15-27-17-21)10-11-22-16-23(29-19(2)28)13-14-26(22,25)3/h5,7-8,11,15,17-18,20,23,25H,4,6,9-10,12-14,16H2,1-3H3. The zero-order chi connectivity index (χ0) is 20.4. The van der Waals surface area contributed by atoms with E-state index in [2.05, 4.69) is 37.0 Å². The van der Waals surface area contributed by atoms with Crippen LogP contribution in [0.25, 0.3) is 5.57 Å². The number of fused-ring (bicyclic) bond motifs is 3. The summed E-state index contributed by atoms with van der Waals surface area (Å²) in [6, 6.07) is 4.26. The lowest BCUT2D eigenvalue weighted by molar-refractivity contribution is -0.148. The molecule has 3 aliphatic rings. The second-order valence-corrected chi connectivity index (χ2v) is 9.68. The number of hydrogen-bond acceptors (Lipinski definition) is 3. The minimum absolute atomic E-state index is 0.0810. The number of esters is 1. The van der Waals surface area contributed by atoms with Gasteiger partial charge in [0.15, 0.2) is 0 Å². The van der Waals surface area contributed by atoms with Crippen LogP contribution in [0.1, 0.15) is 77.7 Å². The van der Waals surface area contributed by atoms with Gasteiger partial charge in [-0.2, -0.15) is 0 Å². The maximum absolute atomic E-state index is 11.4. The van der Waals surface area contributed by atoms with Gasteiger partial charge in [-0.15, -0.1) is 0 Å². The van der Waals surface area contributed by atoms with Crippen LogP contribution in [-0.2, 0) is 9.53 Å². The fourth-order valence-corrected chi connectivity index (χ4v) is 6.30. The Kier molecular flexibility index (Phi) is 5.94. The number of rotatable bonds is 2. The van der Waals surface area contributed by atoms with Crippen molar-refractivity contribution < 1.29 is 9.53 Å². The predicted octanol–water partition coefficient (Wildman–Crippen LogP) is 6.36. The summed E-state index contributed by atoms with van der Waals surface area (Å²) >= 11 is 0. The van der Waals surface area contributed by atoms with Crippen molar-refractivity contribution in [1.82, 2.24) is 4.98 Å². The van der Waals surface area contributed by atoms with Crippen molar-refractivity contribution in [2.45, 2.75) is 78.2 Å². The van der Waals surface area contributed by atoms with Gasteiger partial charge in [-0.25, -0.2) is 0 Å². The van der Waals surface area contributed by atoms with E-state index in [1.807, 2.05) is 18.5 Å². The molecule has 1 aromatic rings. The summed E-state index contributed by atoms with van der Waals surface area (Å²) in [5.74, 6) is 1.93. The van der Waals surface area contributed by atoms with E-state index in [1.54, 1.807) is 5.57 Å². The molecule has 0 bridgehead atoms. The molecule has 0 aliphatic heterocycles. The molecular weight excluding hydrogens is 358 g/mol. The van der Waals surface area contributed by atoms with Gasteiger partial charge in [0.2, 0.25) is 0 Å². The summed E-state index contributed by atoms with van der Waals surface area (Å²) in [7, 11) is 0. The van der Waals surface area contributed by atoms with E-state index < -0.39 is 0 Å². The van der Waals surface area contributed by atoms with Gasteiger partial charge in [0.1, 0.15) is 6.10 Å². The predicted molar refractivity (Wildman–Crippen MR) is 117 cm³/mol. The summed E-state index contributed by atoms with van der Waals surface area (Å²) in [5.41, 5.74) is 4.60. The largest absolute Gasteiger partial charge is 0.462 e. The highest BCUT2D eigenvalue weighted by Crippen LogP contribution is 2.56. The topological polar surface area (TPSA) is 39.2 Å². The van der Waals surface area contributed by atoms with Crippen LogP contribution in [0.2, 0.25) is 0 Å². The molecule has 0 spiro atoms. The quantitative estimate of drug-likeness (QED) is 0.433. The highest BCUT2D eigenvalue weighted by molar-refractivity contribution is 5.66. The van der Waals surface area contributed by atoms with E-state index in [1.165, 1.54) is 43.7 Å². The minimum atomic E-state index is -0.141. The van der Waals surface area contributed by atoms with Crippen molar-refractivity contribution in [3.63, 3.8) is 0 Å². The van der Waals surface area contributed by atoms with Crippen molar-refractivity contribution >= 4 is 11.5 Å². The molecule has 156 valence electrons. The molecule has 3 aliphatic carbocycles. The molecule has 0 radical (unpaired) electrons. The second-order valence-electron chi connectivity index (χ2n) is 9.68. The zero-order valence-corrected chi connectivity index (χ0v) is 18.2. The number of hydrogen-bond donors (Lipinski definition) is 0. The molecule has 5 unspecified atom stereocenters. The van der Waals surface area contributed by atoms with Crippen LogP contribution in [0.4, 0.5) is 0 Å². The van der Waals surface area contributed by atoms with Gasteiger partial charge in [-0.05, 0) is 85.3 Å². The average Bonchev–Trinajstić information content (AvgIpc) is 2.78. The van der Waals surface area contributed by atoms with E-state index in [4.69, 9.17) is 4.74 Å². The summed E-state index contributed by atoms with van der Waals surface area (Å²) < 4.78 is 5.57. The highest BCUT2D eigenvalue weighted by atomic mass is 16.5. The normalized spacial score (nSPS) is 35.0. The van der Waals surface area contributed by atoms with Crippen molar-refractivity contribution in [1.29, 1.82) is 0 Å². The Morgan fingerprint density at radius 1 is 1.21 bits per heavy atom. The third-order valence-corrected chi connectivity index (χ3v) is 7.89. The van der Waals surface area contributed by atoms with E-state index in [-0.39, 0.29) is 17.5 Å². The van der Waals surface area contributed by atoms with E-state index >= 15 is 0 Å². The van der Waals surface area contributed by atoms with Crippen LogP contribution in [0.5, 0.6) is 0 Å². The summed E-state index contributed by atoms with van der Waals surface area (Å²) in [5, 5.41) is 0. The third-order valence-electron chi connectivity index (χ3n) is 7.89. The Bertz CT molecular complexity index is 796. The Hall–Kier alpha value is -1.90. The Morgan fingerprint density at radius 2 is 2.07 bits per heavy atom. The first-order valence-electron chi connectivity index (χ1n) is 11.4. The number of ether oxygens (including phenoxy) is 1. The third kappa shape index (κ3) is 4.20. The molecule has 1 fully saturated rings. The molecule has 1 saturated carbocycles. The lowest BCUT2D eigenvalue weighted by atomic mass is 9.55. The van der Waals surface area contributed by atoms with E-state index in [9.17, 15) is 4.79 Å². The van der Waals surface area contributed by atoms with Gasteiger partial charge in [-0.3, -0.25) is 9.78 Å². The van der Waals surface area contributed by atoms with Gasteiger partial charge in [-0.1, -0.05) is 37.6 Å². The summed E-state index contributed by atoms with van der Waals surface area (Å²) in [6.07, 6.45) is 18.2. The molecule has 29 heavy (non-hydrogen) atoms. The maximum atomic E-state index is 11.4. The van der Waals surface area contributed by atoms with Crippen LogP contribution >= 0.6 is 0 Å².